The van der Waals surface area contributed by atoms with E-state index in [1.54, 1.807) is 20.8 Å². The van der Waals surface area contributed by atoms with Crippen LogP contribution >= 0.6 is 0 Å². The van der Waals surface area contributed by atoms with Crippen LogP contribution in [0, 0.1) is 5.92 Å². The summed E-state index contributed by atoms with van der Waals surface area (Å²) in [5.74, 6) is -1.10. The number of carbonyl (C=O) groups excluding carboxylic acids is 1. The first-order chi connectivity index (χ1) is 11.7. The Morgan fingerprint density at radius 1 is 1.12 bits per heavy atom. The first kappa shape index (κ1) is 19.3. The number of carbonyl (C=O) groups is 2. The Morgan fingerprint density at radius 2 is 1.72 bits per heavy atom. The number of hydrogen-bond acceptors (Lipinski definition) is 3. The van der Waals surface area contributed by atoms with Gasteiger partial charge < -0.3 is 15.2 Å². The minimum atomic E-state index is -1.34. The summed E-state index contributed by atoms with van der Waals surface area (Å²) in [6, 6.07) is 9.47. The number of carboxylic acids is 1. The van der Waals surface area contributed by atoms with Crippen LogP contribution in [0.25, 0.3) is 0 Å². The van der Waals surface area contributed by atoms with Crippen LogP contribution in [0.5, 0.6) is 0 Å². The molecular formula is C20H29NO4. The molecule has 1 amide bonds. The molecule has 0 heterocycles. The molecule has 1 aliphatic carbocycles. The van der Waals surface area contributed by atoms with Gasteiger partial charge in [-0.3, -0.25) is 0 Å². The zero-order valence-electron chi connectivity index (χ0n) is 15.4. The first-order valence-corrected chi connectivity index (χ1v) is 9.01. The molecule has 0 spiro atoms. The summed E-state index contributed by atoms with van der Waals surface area (Å²) in [4.78, 5) is 24.8. The van der Waals surface area contributed by atoms with E-state index >= 15 is 0 Å². The highest BCUT2D eigenvalue weighted by atomic mass is 16.6. The van der Waals surface area contributed by atoms with Crippen molar-refractivity contribution in [2.24, 2.45) is 5.92 Å². The van der Waals surface area contributed by atoms with Crippen molar-refractivity contribution in [3.8, 4) is 0 Å². The highest BCUT2D eigenvalue weighted by molar-refractivity contribution is 5.85. The zero-order chi connectivity index (χ0) is 18.5. The van der Waals surface area contributed by atoms with E-state index in [2.05, 4.69) is 5.32 Å². The van der Waals surface area contributed by atoms with Crippen molar-refractivity contribution in [1.82, 2.24) is 5.32 Å². The van der Waals surface area contributed by atoms with Crippen LogP contribution in [0.15, 0.2) is 30.3 Å². The van der Waals surface area contributed by atoms with Crippen LogP contribution in [0.3, 0.4) is 0 Å². The minimum absolute atomic E-state index is 0.105. The van der Waals surface area contributed by atoms with Crippen molar-refractivity contribution in [3.63, 3.8) is 0 Å². The van der Waals surface area contributed by atoms with Crippen molar-refractivity contribution in [1.29, 1.82) is 0 Å². The number of ether oxygens (including phenoxy) is 1. The molecule has 1 aliphatic rings. The fourth-order valence-corrected chi connectivity index (χ4v) is 3.59. The van der Waals surface area contributed by atoms with E-state index in [4.69, 9.17) is 4.74 Å². The van der Waals surface area contributed by atoms with Crippen LogP contribution < -0.4 is 5.32 Å². The Bertz CT molecular complexity index is 587. The Hall–Kier alpha value is -2.04. The Kier molecular flexibility index (Phi) is 6.09. The molecule has 0 aliphatic heterocycles. The molecule has 5 heteroatoms. The number of nitrogens with one attached hydrogen (secondary N) is 1. The van der Waals surface area contributed by atoms with Gasteiger partial charge >= 0.3 is 12.1 Å². The lowest BCUT2D eigenvalue weighted by molar-refractivity contribution is -0.148. The van der Waals surface area contributed by atoms with E-state index in [1.807, 2.05) is 30.3 Å². The fourth-order valence-electron chi connectivity index (χ4n) is 3.59. The summed E-state index contributed by atoms with van der Waals surface area (Å²) < 4.78 is 5.36. The van der Waals surface area contributed by atoms with Gasteiger partial charge in [0.1, 0.15) is 11.1 Å². The average Bonchev–Trinajstić information content (AvgIpc) is 2.54. The maximum Gasteiger partial charge on any atom is 0.408 e. The first-order valence-electron chi connectivity index (χ1n) is 9.01. The number of rotatable bonds is 5. The minimum Gasteiger partial charge on any atom is -0.479 e. The summed E-state index contributed by atoms with van der Waals surface area (Å²) in [7, 11) is 0. The maximum absolute atomic E-state index is 12.4. The SMILES string of the molecule is CC(C)(C)OC(=O)N[C@](Cc1ccccc1)(C(=O)O)C1CCCCC1. The smallest absolute Gasteiger partial charge is 0.408 e. The molecule has 1 fully saturated rings. The van der Waals surface area contributed by atoms with Gasteiger partial charge in [-0.05, 0) is 45.1 Å². The van der Waals surface area contributed by atoms with Gasteiger partial charge in [0.2, 0.25) is 0 Å². The normalized spacial score (nSPS) is 18.2. The lowest BCUT2D eigenvalue weighted by Gasteiger charge is -2.40. The monoisotopic (exact) mass is 347 g/mol. The molecule has 1 aromatic carbocycles. The molecule has 0 radical (unpaired) electrons. The third-order valence-corrected chi connectivity index (χ3v) is 4.73. The summed E-state index contributed by atoms with van der Waals surface area (Å²) in [5.41, 5.74) is -1.12. The van der Waals surface area contributed by atoms with Crippen LogP contribution in [-0.2, 0) is 16.0 Å². The summed E-state index contributed by atoms with van der Waals surface area (Å²) >= 11 is 0. The number of aliphatic carboxylic acids is 1. The van der Waals surface area contributed by atoms with E-state index in [1.165, 1.54) is 0 Å². The molecule has 1 aromatic rings. The standard InChI is InChI=1S/C20H29NO4/c1-19(2,3)25-18(24)21-20(17(22)23,16-12-8-5-9-13-16)14-15-10-6-4-7-11-15/h4,6-7,10-11,16H,5,8-9,12-14H2,1-3H3,(H,21,24)(H,22,23)/t20-/m0/s1. The Balaban J connectivity index is 2.33. The van der Waals surface area contributed by atoms with Crippen molar-refractivity contribution in [2.45, 2.75) is 70.4 Å². The van der Waals surface area contributed by atoms with E-state index < -0.39 is 23.2 Å². The van der Waals surface area contributed by atoms with Gasteiger partial charge in [-0.2, -0.15) is 0 Å². The highest BCUT2D eigenvalue weighted by Gasteiger charge is 2.48. The third kappa shape index (κ3) is 5.21. The summed E-state index contributed by atoms with van der Waals surface area (Å²) in [6.07, 6.45) is 4.28. The van der Waals surface area contributed by atoms with Gasteiger partial charge in [0.05, 0.1) is 0 Å². The molecule has 25 heavy (non-hydrogen) atoms. The molecule has 2 N–H and O–H groups in total. The van der Waals surface area contributed by atoms with Crippen molar-refractivity contribution in [3.05, 3.63) is 35.9 Å². The van der Waals surface area contributed by atoms with E-state index in [9.17, 15) is 14.7 Å². The predicted molar refractivity (Wildman–Crippen MR) is 96.5 cm³/mol. The summed E-state index contributed by atoms with van der Waals surface area (Å²) in [5, 5.41) is 12.9. The molecule has 1 saturated carbocycles. The van der Waals surface area contributed by atoms with Crippen LogP contribution in [0.4, 0.5) is 4.79 Å². The molecular weight excluding hydrogens is 318 g/mol. The van der Waals surface area contributed by atoms with Crippen molar-refractivity contribution < 1.29 is 19.4 Å². The Labute approximate surface area is 149 Å². The Morgan fingerprint density at radius 3 is 2.24 bits per heavy atom. The maximum atomic E-state index is 12.4. The molecule has 0 bridgehead atoms. The molecule has 0 aromatic heterocycles. The van der Waals surface area contributed by atoms with Crippen LogP contribution in [-0.4, -0.2) is 28.3 Å². The second kappa shape index (κ2) is 7.89. The number of benzene rings is 1. The van der Waals surface area contributed by atoms with Gasteiger partial charge in [0.15, 0.2) is 0 Å². The molecule has 0 unspecified atom stereocenters. The molecule has 138 valence electrons. The van der Waals surface area contributed by atoms with Gasteiger partial charge in [-0.15, -0.1) is 0 Å². The zero-order valence-corrected chi connectivity index (χ0v) is 15.4. The second-order valence-corrected chi connectivity index (χ2v) is 7.90. The topological polar surface area (TPSA) is 75.6 Å². The average molecular weight is 347 g/mol. The predicted octanol–water partition coefficient (Wildman–Crippen LogP) is 4.16. The van der Waals surface area contributed by atoms with Crippen LogP contribution in [0.2, 0.25) is 0 Å². The second-order valence-electron chi connectivity index (χ2n) is 7.90. The van der Waals surface area contributed by atoms with Gasteiger partial charge in [0, 0.05) is 6.42 Å². The van der Waals surface area contributed by atoms with Gasteiger partial charge in [0.25, 0.3) is 0 Å². The molecule has 0 saturated heterocycles. The van der Waals surface area contributed by atoms with E-state index in [0.717, 1.165) is 37.7 Å². The quantitative estimate of drug-likeness (QED) is 0.839. The van der Waals surface area contributed by atoms with Gasteiger partial charge in [-0.25, -0.2) is 9.59 Å². The molecule has 1 atom stereocenters. The lowest BCUT2D eigenvalue weighted by Crippen LogP contribution is -2.62. The molecule has 5 nitrogen and oxygen atoms in total. The van der Waals surface area contributed by atoms with Crippen molar-refractivity contribution in [2.75, 3.05) is 0 Å². The van der Waals surface area contributed by atoms with Crippen molar-refractivity contribution >= 4 is 12.1 Å². The van der Waals surface area contributed by atoms with Gasteiger partial charge in [-0.1, -0.05) is 49.6 Å². The highest BCUT2D eigenvalue weighted by Crippen LogP contribution is 2.35. The largest absolute Gasteiger partial charge is 0.479 e. The number of hydrogen-bond donors (Lipinski definition) is 2. The number of alkyl carbamates (subject to hydrolysis) is 1. The van der Waals surface area contributed by atoms with E-state index in [0.29, 0.717) is 0 Å². The third-order valence-electron chi connectivity index (χ3n) is 4.73. The lowest BCUT2D eigenvalue weighted by atomic mass is 9.71. The number of amides is 1. The fraction of sp³-hybridized carbons (Fsp3) is 0.600. The molecule has 2 rings (SSSR count). The van der Waals surface area contributed by atoms with E-state index in [-0.39, 0.29) is 12.3 Å². The van der Waals surface area contributed by atoms with Crippen LogP contribution in [0.1, 0.15) is 58.4 Å². The summed E-state index contributed by atoms with van der Waals surface area (Å²) in [6.45, 7) is 5.31. The number of carboxylic acid groups (broad SMARTS) is 1.